The number of pyridine rings is 1. The lowest BCUT2D eigenvalue weighted by molar-refractivity contribution is 0.210. The standard InChI is InChI=1S/C11H10BrN3O3/c1-18-9-3-8-5(2-6(9)12)10(15-11(16)17)7(13)4-14-8/h2-4H,13H2,1H3,(H,14,15)(H,16,17). The largest absolute Gasteiger partial charge is 0.495 e. The van der Waals surface area contributed by atoms with Crippen LogP contribution in [0, 0.1) is 0 Å². The van der Waals surface area contributed by atoms with Gasteiger partial charge in [-0.2, -0.15) is 0 Å². The van der Waals surface area contributed by atoms with E-state index in [-0.39, 0.29) is 5.69 Å². The number of anilines is 2. The second kappa shape index (κ2) is 4.69. The lowest BCUT2D eigenvalue weighted by Crippen LogP contribution is -2.10. The van der Waals surface area contributed by atoms with E-state index in [0.717, 1.165) is 0 Å². The van der Waals surface area contributed by atoms with Gasteiger partial charge in [-0.15, -0.1) is 0 Å². The number of nitrogens with one attached hydrogen (secondary N) is 1. The molecule has 1 heterocycles. The van der Waals surface area contributed by atoms with Crippen molar-refractivity contribution < 1.29 is 14.6 Å². The van der Waals surface area contributed by atoms with E-state index in [1.807, 2.05) is 0 Å². The normalized spacial score (nSPS) is 10.3. The Morgan fingerprint density at radius 3 is 2.89 bits per heavy atom. The molecule has 0 aliphatic carbocycles. The number of ether oxygens (including phenoxy) is 1. The maximum absolute atomic E-state index is 10.7. The molecular formula is C11H10BrN3O3. The number of aromatic nitrogens is 1. The average Bonchev–Trinajstić information content (AvgIpc) is 2.32. The van der Waals surface area contributed by atoms with E-state index >= 15 is 0 Å². The van der Waals surface area contributed by atoms with E-state index in [1.54, 1.807) is 19.2 Å². The molecule has 6 nitrogen and oxygen atoms in total. The van der Waals surface area contributed by atoms with Gasteiger partial charge in [0.2, 0.25) is 0 Å². The zero-order valence-corrected chi connectivity index (χ0v) is 11.0. The van der Waals surface area contributed by atoms with Crippen LogP contribution in [0.3, 0.4) is 0 Å². The third-order valence-corrected chi connectivity index (χ3v) is 3.02. The van der Waals surface area contributed by atoms with E-state index in [0.29, 0.717) is 26.8 Å². The van der Waals surface area contributed by atoms with Crippen molar-refractivity contribution in [2.45, 2.75) is 0 Å². The van der Waals surface area contributed by atoms with Gasteiger partial charge in [0.25, 0.3) is 0 Å². The van der Waals surface area contributed by atoms with Crippen LogP contribution in [-0.2, 0) is 0 Å². The molecule has 94 valence electrons. The van der Waals surface area contributed by atoms with Gasteiger partial charge in [-0.05, 0) is 22.0 Å². The summed E-state index contributed by atoms with van der Waals surface area (Å²) in [6.07, 6.45) is 0.224. The molecule has 0 unspecified atom stereocenters. The summed E-state index contributed by atoms with van der Waals surface area (Å²) in [4.78, 5) is 14.9. The lowest BCUT2D eigenvalue weighted by atomic mass is 10.1. The van der Waals surface area contributed by atoms with Gasteiger partial charge in [0.15, 0.2) is 0 Å². The number of nitrogens with two attached hydrogens (primary N) is 1. The summed E-state index contributed by atoms with van der Waals surface area (Å²) in [5.41, 5.74) is 6.89. The molecule has 1 amide bonds. The van der Waals surface area contributed by atoms with Crippen molar-refractivity contribution in [2.24, 2.45) is 0 Å². The number of carbonyl (C=O) groups is 1. The highest BCUT2D eigenvalue weighted by molar-refractivity contribution is 9.10. The number of rotatable bonds is 2. The van der Waals surface area contributed by atoms with Crippen molar-refractivity contribution in [2.75, 3.05) is 18.2 Å². The molecule has 18 heavy (non-hydrogen) atoms. The van der Waals surface area contributed by atoms with Gasteiger partial charge in [-0.3, -0.25) is 10.3 Å². The quantitative estimate of drug-likeness (QED) is 0.792. The number of benzene rings is 1. The molecule has 0 saturated heterocycles. The third-order valence-electron chi connectivity index (χ3n) is 2.40. The van der Waals surface area contributed by atoms with Crippen LogP contribution in [0.25, 0.3) is 10.9 Å². The first-order chi connectivity index (χ1) is 8.52. The zero-order valence-electron chi connectivity index (χ0n) is 9.40. The fourth-order valence-corrected chi connectivity index (χ4v) is 2.12. The minimum Gasteiger partial charge on any atom is -0.495 e. The zero-order chi connectivity index (χ0) is 13.3. The smallest absolute Gasteiger partial charge is 0.409 e. The number of fused-ring (bicyclic) bond motifs is 1. The first-order valence-electron chi connectivity index (χ1n) is 4.94. The van der Waals surface area contributed by atoms with Gasteiger partial charge in [-0.25, -0.2) is 4.79 Å². The van der Waals surface area contributed by atoms with Crippen LogP contribution in [0.1, 0.15) is 0 Å². The molecule has 7 heteroatoms. The third kappa shape index (κ3) is 2.17. The van der Waals surface area contributed by atoms with E-state index < -0.39 is 6.09 Å². The summed E-state index contributed by atoms with van der Waals surface area (Å²) in [7, 11) is 1.54. The molecule has 0 bridgehead atoms. The topological polar surface area (TPSA) is 97.5 Å². The summed E-state index contributed by atoms with van der Waals surface area (Å²) >= 11 is 3.33. The van der Waals surface area contributed by atoms with Crippen molar-refractivity contribution >= 4 is 44.3 Å². The molecule has 0 aliphatic rings. The minimum absolute atomic E-state index is 0.266. The number of nitrogens with zero attached hydrogens (tertiary/aromatic N) is 1. The highest BCUT2D eigenvalue weighted by Gasteiger charge is 2.12. The fraction of sp³-hybridized carbons (Fsp3) is 0.0909. The molecule has 0 spiro atoms. The van der Waals surface area contributed by atoms with Gasteiger partial charge in [0.1, 0.15) is 5.75 Å². The van der Waals surface area contributed by atoms with Crippen molar-refractivity contribution in [3.8, 4) is 5.75 Å². The number of methoxy groups -OCH3 is 1. The van der Waals surface area contributed by atoms with Crippen LogP contribution in [-0.4, -0.2) is 23.3 Å². The van der Waals surface area contributed by atoms with Crippen molar-refractivity contribution in [3.05, 3.63) is 22.8 Å². The van der Waals surface area contributed by atoms with E-state index in [1.165, 1.54) is 6.20 Å². The van der Waals surface area contributed by atoms with Gasteiger partial charge >= 0.3 is 6.09 Å². The Kier molecular flexibility index (Phi) is 3.24. The van der Waals surface area contributed by atoms with E-state index in [9.17, 15) is 4.79 Å². The maximum Gasteiger partial charge on any atom is 0.409 e. The molecule has 0 aliphatic heterocycles. The Morgan fingerprint density at radius 2 is 2.28 bits per heavy atom. The summed E-state index contributed by atoms with van der Waals surface area (Å²) in [5, 5.41) is 11.7. The first-order valence-corrected chi connectivity index (χ1v) is 5.74. The second-order valence-corrected chi connectivity index (χ2v) is 4.38. The number of hydrogen-bond acceptors (Lipinski definition) is 4. The Labute approximate surface area is 111 Å². The van der Waals surface area contributed by atoms with Crippen LogP contribution in [0.2, 0.25) is 0 Å². The van der Waals surface area contributed by atoms with Crippen LogP contribution in [0.15, 0.2) is 22.8 Å². The van der Waals surface area contributed by atoms with E-state index in [2.05, 4.69) is 26.2 Å². The molecule has 1 aromatic carbocycles. The van der Waals surface area contributed by atoms with Crippen LogP contribution in [0.5, 0.6) is 5.75 Å². The molecule has 2 rings (SSSR count). The SMILES string of the molecule is COc1cc2ncc(N)c(NC(=O)O)c2cc1Br. The maximum atomic E-state index is 10.7. The van der Waals surface area contributed by atoms with Gasteiger partial charge < -0.3 is 15.6 Å². The van der Waals surface area contributed by atoms with Crippen molar-refractivity contribution in [1.82, 2.24) is 4.98 Å². The van der Waals surface area contributed by atoms with Crippen LogP contribution >= 0.6 is 15.9 Å². The first kappa shape index (κ1) is 12.4. The van der Waals surface area contributed by atoms with Crippen LogP contribution in [0.4, 0.5) is 16.2 Å². The second-order valence-electron chi connectivity index (χ2n) is 3.52. The predicted molar refractivity (Wildman–Crippen MR) is 72.1 cm³/mol. The number of hydrogen-bond donors (Lipinski definition) is 3. The molecule has 0 atom stereocenters. The highest BCUT2D eigenvalue weighted by Crippen LogP contribution is 2.35. The fourth-order valence-electron chi connectivity index (χ4n) is 1.61. The molecule has 0 fully saturated rings. The minimum atomic E-state index is -1.18. The van der Waals surface area contributed by atoms with E-state index in [4.69, 9.17) is 15.6 Å². The molecule has 0 radical (unpaired) electrons. The number of nitrogen functional groups attached to an aromatic ring is 1. The summed E-state index contributed by atoms with van der Waals surface area (Å²) in [6, 6.07) is 3.41. The van der Waals surface area contributed by atoms with Gasteiger partial charge in [0.05, 0.1) is 34.7 Å². The monoisotopic (exact) mass is 311 g/mol. The lowest BCUT2D eigenvalue weighted by Gasteiger charge is -2.11. The number of amides is 1. The van der Waals surface area contributed by atoms with Crippen LogP contribution < -0.4 is 15.8 Å². The Morgan fingerprint density at radius 1 is 1.56 bits per heavy atom. The Balaban J connectivity index is 2.72. The average molecular weight is 312 g/mol. The van der Waals surface area contributed by atoms with Gasteiger partial charge in [0, 0.05) is 11.5 Å². The highest BCUT2D eigenvalue weighted by atomic mass is 79.9. The summed E-state index contributed by atoms with van der Waals surface area (Å²) < 4.78 is 5.84. The molecule has 2 aromatic rings. The summed E-state index contributed by atoms with van der Waals surface area (Å²) in [5.74, 6) is 0.612. The Hall–Kier alpha value is -2.02. The van der Waals surface area contributed by atoms with Crippen molar-refractivity contribution in [3.63, 3.8) is 0 Å². The Bertz CT molecular complexity index is 630. The molecule has 1 aromatic heterocycles. The number of halogens is 1. The predicted octanol–water partition coefficient (Wildman–Crippen LogP) is 2.68. The summed E-state index contributed by atoms with van der Waals surface area (Å²) in [6.45, 7) is 0. The van der Waals surface area contributed by atoms with Crippen molar-refractivity contribution in [1.29, 1.82) is 0 Å². The molecule has 0 saturated carbocycles. The van der Waals surface area contributed by atoms with Gasteiger partial charge in [-0.1, -0.05) is 0 Å². The number of carboxylic acid groups (broad SMARTS) is 1. The molecule has 4 N–H and O–H groups in total. The molecular weight excluding hydrogens is 302 g/mol.